The van der Waals surface area contributed by atoms with Crippen LogP contribution in [0, 0.1) is 5.92 Å². The van der Waals surface area contributed by atoms with Crippen LogP contribution < -0.4 is 11.1 Å². The number of hydrogen-bond acceptors (Lipinski definition) is 3. The zero-order chi connectivity index (χ0) is 13.2. The minimum atomic E-state index is -0.0744. The van der Waals surface area contributed by atoms with Crippen molar-refractivity contribution in [2.24, 2.45) is 11.7 Å². The number of carbonyl (C=O) groups excluding carboxylic acids is 1. The number of fused-ring (bicyclic) bond motifs is 1. The predicted molar refractivity (Wildman–Crippen MR) is 74.8 cm³/mol. The summed E-state index contributed by atoms with van der Waals surface area (Å²) < 4.78 is 0. The van der Waals surface area contributed by atoms with Gasteiger partial charge in [0.2, 0.25) is 0 Å². The van der Waals surface area contributed by atoms with E-state index in [4.69, 9.17) is 5.73 Å². The van der Waals surface area contributed by atoms with Gasteiger partial charge in [-0.3, -0.25) is 9.78 Å². The van der Waals surface area contributed by atoms with Crippen LogP contribution >= 0.6 is 0 Å². The molecule has 1 amide bonds. The molecular formula is C15H17N3O. The Labute approximate surface area is 112 Å². The van der Waals surface area contributed by atoms with E-state index in [1.807, 2.05) is 30.3 Å². The molecule has 1 aliphatic rings. The first-order chi connectivity index (χ1) is 9.25. The fourth-order valence-corrected chi connectivity index (χ4v) is 2.30. The minimum absolute atomic E-state index is 0.0744. The van der Waals surface area contributed by atoms with Crippen molar-refractivity contribution in [3.63, 3.8) is 0 Å². The second-order valence-electron chi connectivity index (χ2n) is 5.09. The van der Waals surface area contributed by atoms with Crippen molar-refractivity contribution in [1.82, 2.24) is 10.3 Å². The molecule has 0 unspecified atom stereocenters. The van der Waals surface area contributed by atoms with Gasteiger partial charge in [-0.25, -0.2) is 0 Å². The molecule has 4 nitrogen and oxygen atoms in total. The number of nitrogens with two attached hydrogens (primary N) is 1. The van der Waals surface area contributed by atoms with Gasteiger partial charge in [0.1, 0.15) is 0 Å². The lowest BCUT2D eigenvalue weighted by Crippen LogP contribution is -2.38. The summed E-state index contributed by atoms with van der Waals surface area (Å²) in [7, 11) is 0. The molecule has 3 rings (SSSR count). The van der Waals surface area contributed by atoms with Crippen molar-refractivity contribution in [3.05, 3.63) is 42.1 Å². The zero-order valence-electron chi connectivity index (χ0n) is 10.7. The van der Waals surface area contributed by atoms with Gasteiger partial charge in [-0.15, -0.1) is 0 Å². The number of nitrogens with one attached hydrogen (secondary N) is 1. The highest BCUT2D eigenvalue weighted by atomic mass is 16.1. The average molecular weight is 255 g/mol. The molecule has 0 spiro atoms. The van der Waals surface area contributed by atoms with Crippen molar-refractivity contribution >= 4 is 16.8 Å². The van der Waals surface area contributed by atoms with E-state index in [-0.39, 0.29) is 11.9 Å². The summed E-state index contributed by atoms with van der Waals surface area (Å²) in [5.41, 5.74) is 7.49. The highest BCUT2D eigenvalue weighted by molar-refractivity contribution is 6.06. The Morgan fingerprint density at radius 1 is 1.37 bits per heavy atom. The van der Waals surface area contributed by atoms with E-state index in [0.29, 0.717) is 18.0 Å². The van der Waals surface area contributed by atoms with E-state index in [1.54, 1.807) is 6.20 Å². The maximum atomic E-state index is 12.2. The second kappa shape index (κ2) is 4.97. The van der Waals surface area contributed by atoms with Gasteiger partial charge in [-0.2, -0.15) is 0 Å². The molecule has 0 bridgehead atoms. The lowest BCUT2D eigenvalue weighted by atomic mass is 10.1. The van der Waals surface area contributed by atoms with Crippen LogP contribution in [0.4, 0.5) is 0 Å². The first kappa shape index (κ1) is 12.1. The molecule has 0 saturated heterocycles. The van der Waals surface area contributed by atoms with E-state index in [9.17, 15) is 4.79 Å². The number of amides is 1. The summed E-state index contributed by atoms with van der Waals surface area (Å²) in [6, 6.07) is 9.42. The van der Waals surface area contributed by atoms with Gasteiger partial charge in [0.15, 0.2) is 0 Å². The summed E-state index contributed by atoms with van der Waals surface area (Å²) in [5.74, 6) is 0.518. The Morgan fingerprint density at radius 2 is 2.21 bits per heavy atom. The summed E-state index contributed by atoms with van der Waals surface area (Å²) in [6.07, 6.45) is 4.11. The molecule has 2 aromatic rings. The third-order valence-corrected chi connectivity index (χ3v) is 3.62. The van der Waals surface area contributed by atoms with Gasteiger partial charge in [0.05, 0.1) is 5.52 Å². The molecule has 4 heteroatoms. The number of benzene rings is 1. The quantitative estimate of drug-likeness (QED) is 0.873. The Balaban J connectivity index is 1.77. The third kappa shape index (κ3) is 2.58. The highest BCUT2D eigenvalue weighted by Crippen LogP contribution is 2.31. The van der Waals surface area contributed by atoms with Crippen LogP contribution in [0.2, 0.25) is 0 Å². The summed E-state index contributed by atoms with van der Waals surface area (Å²) >= 11 is 0. The largest absolute Gasteiger partial charge is 0.350 e. The van der Waals surface area contributed by atoms with Gasteiger partial charge in [-0.1, -0.05) is 12.1 Å². The Kier molecular flexibility index (Phi) is 3.17. The van der Waals surface area contributed by atoms with Crippen LogP contribution in [0.25, 0.3) is 10.9 Å². The van der Waals surface area contributed by atoms with Crippen LogP contribution in [0.5, 0.6) is 0 Å². The summed E-state index contributed by atoms with van der Waals surface area (Å²) in [5, 5.41) is 3.80. The van der Waals surface area contributed by atoms with Crippen LogP contribution in [0.1, 0.15) is 23.2 Å². The van der Waals surface area contributed by atoms with Crippen molar-refractivity contribution in [2.45, 2.75) is 18.9 Å². The number of hydrogen-bond donors (Lipinski definition) is 2. The molecule has 1 fully saturated rings. The smallest absolute Gasteiger partial charge is 0.252 e. The van der Waals surface area contributed by atoms with Gasteiger partial charge in [-0.05, 0) is 37.0 Å². The molecule has 1 aromatic heterocycles. The van der Waals surface area contributed by atoms with Crippen molar-refractivity contribution in [2.75, 3.05) is 6.54 Å². The molecule has 3 N–H and O–H groups in total. The van der Waals surface area contributed by atoms with Gasteiger partial charge >= 0.3 is 0 Å². The second-order valence-corrected chi connectivity index (χ2v) is 5.09. The van der Waals surface area contributed by atoms with E-state index in [1.165, 1.54) is 12.8 Å². The summed E-state index contributed by atoms with van der Waals surface area (Å²) in [4.78, 5) is 16.5. The predicted octanol–water partition coefficient (Wildman–Crippen LogP) is 1.70. The Morgan fingerprint density at radius 3 is 3.00 bits per heavy atom. The number of rotatable bonds is 4. The third-order valence-electron chi connectivity index (χ3n) is 3.62. The topological polar surface area (TPSA) is 68.0 Å². The SMILES string of the molecule is N[C@@H](CNC(=O)c1cccc2ncccc12)C1CC1. The number of aromatic nitrogens is 1. The maximum Gasteiger partial charge on any atom is 0.252 e. The van der Waals surface area contributed by atoms with E-state index < -0.39 is 0 Å². The average Bonchev–Trinajstić information content (AvgIpc) is 3.28. The molecule has 98 valence electrons. The first-order valence-corrected chi connectivity index (χ1v) is 6.63. The maximum absolute atomic E-state index is 12.2. The van der Waals surface area contributed by atoms with Crippen LogP contribution in [-0.4, -0.2) is 23.5 Å². The van der Waals surface area contributed by atoms with Crippen molar-refractivity contribution in [3.8, 4) is 0 Å². The van der Waals surface area contributed by atoms with Crippen LogP contribution in [0.3, 0.4) is 0 Å². The Hall–Kier alpha value is -1.94. The molecule has 1 saturated carbocycles. The fraction of sp³-hybridized carbons (Fsp3) is 0.333. The normalized spacial score (nSPS) is 16.3. The monoisotopic (exact) mass is 255 g/mol. The standard InChI is InChI=1S/C15H17N3O/c16-13(10-6-7-10)9-18-15(19)12-3-1-5-14-11(12)4-2-8-17-14/h1-5,8,10,13H,6-7,9,16H2,(H,18,19)/t13-/m0/s1. The number of carbonyl (C=O) groups is 1. The van der Waals surface area contributed by atoms with E-state index >= 15 is 0 Å². The molecule has 1 atom stereocenters. The first-order valence-electron chi connectivity index (χ1n) is 6.63. The number of pyridine rings is 1. The van der Waals surface area contributed by atoms with Gasteiger partial charge in [0.25, 0.3) is 5.91 Å². The molecule has 0 aliphatic heterocycles. The fourth-order valence-electron chi connectivity index (χ4n) is 2.30. The van der Waals surface area contributed by atoms with Crippen LogP contribution in [0.15, 0.2) is 36.5 Å². The number of nitrogens with zero attached hydrogens (tertiary/aromatic N) is 1. The molecule has 1 aliphatic carbocycles. The van der Waals surface area contributed by atoms with Gasteiger partial charge in [0, 0.05) is 29.7 Å². The van der Waals surface area contributed by atoms with Crippen molar-refractivity contribution in [1.29, 1.82) is 0 Å². The molecule has 0 radical (unpaired) electrons. The summed E-state index contributed by atoms with van der Waals surface area (Å²) in [6.45, 7) is 0.542. The zero-order valence-corrected chi connectivity index (χ0v) is 10.7. The van der Waals surface area contributed by atoms with Crippen molar-refractivity contribution < 1.29 is 4.79 Å². The highest BCUT2D eigenvalue weighted by Gasteiger charge is 2.28. The lowest BCUT2D eigenvalue weighted by molar-refractivity contribution is 0.0952. The molecule has 1 heterocycles. The molecule has 19 heavy (non-hydrogen) atoms. The van der Waals surface area contributed by atoms with E-state index in [2.05, 4.69) is 10.3 Å². The Bertz CT molecular complexity index is 602. The van der Waals surface area contributed by atoms with E-state index in [0.717, 1.165) is 10.9 Å². The molecular weight excluding hydrogens is 238 g/mol. The minimum Gasteiger partial charge on any atom is -0.350 e. The molecule has 1 aromatic carbocycles. The van der Waals surface area contributed by atoms with Gasteiger partial charge < -0.3 is 11.1 Å². The lowest BCUT2D eigenvalue weighted by Gasteiger charge is -2.12. The van der Waals surface area contributed by atoms with Crippen LogP contribution in [-0.2, 0) is 0 Å².